The van der Waals surface area contributed by atoms with Crippen LogP contribution in [-0.2, 0) is 0 Å². The standard InChI is InChI=1S/C18H28N2S/c1-2-21-13-12-20-15-18(10-6-7-11-18)19-14-17(20)16-8-4-3-5-9-16/h3-5,8-9,17,19H,2,6-7,10-15H2,1H3. The second kappa shape index (κ2) is 7.17. The third-order valence-electron chi connectivity index (χ3n) is 5.09. The molecule has 2 nitrogen and oxygen atoms in total. The largest absolute Gasteiger partial charge is 0.308 e. The van der Waals surface area contributed by atoms with Crippen LogP contribution < -0.4 is 5.32 Å². The van der Waals surface area contributed by atoms with E-state index in [9.17, 15) is 0 Å². The molecule has 1 aromatic rings. The van der Waals surface area contributed by atoms with E-state index >= 15 is 0 Å². The van der Waals surface area contributed by atoms with Gasteiger partial charge >= 0.3 is 0 Å². The Balaban J connectivity index is 1.72. The van der Waals surface area contributed by atoms with Crippen LogP contribution >= 0.6 is 11.8 Å². The smallest absolute Gasteiger partial charge is 0.0473 e. The number of thioether (sulfide) groups is 1. The maximum atomic E-state index is 3.91. The highest BCUT2D eigenvalue weighted by molar-refractivity contribution is 7.99. The Morgan fingerprint density at radius 3 is 2.71 bits per heavy atom. The molecule has 116 valence electrons. The molecule has 0 radical (unpaired) electrons. The van der Waals surface area contributed by atoms with Crippen molar-refractivity contribution in [2.45, 2.75) is 44.2 Å². The number of piperazine rings is 1. The quantitative estimate of drug-likeness (QED) is 0.835. The van der Waals surface area contributed by atoms with E-state index in [1.165, 1.54) is 55.8 Å². The highest BCUT2D eigenvalue weighted by Crippen LogP contribution is 2.36. The van der Waals surface area contributed by atoms with Gasteiger partial charge in [-0.3, -0.25) is 4.90 Å². The highest BCUT2D eigenvalue weighted by Gasteiger charge is 2.41. The Morgan fingerprint density at radius 2 is 2.00 bits per heavy atom. The molecule has 1 N–H and O–H groups in total. The van der Waals surface area contributed by atoms with Crippen LogP contribution in [-0.4, -0.2) is 41.6 Å². The third kappa shape index (κ3) is 3.64. The zero-order chi connectivity index (χ0) is 14.5. The summed E-state index contributed by atoms with van der Waals surface area (Å²) in [5, 5.41) is 3.91. The number of benzene rings is 1. The van der Waals surface area contributed by atoms with Crippen LogP contribution in [0.1, 0.15) is 44.2 Å². The van der Waals surface area contributed by atoms with Crippen molar-refractivity contribution in [1.82, 2.24) is 10.2 Å². The van der Waals surface area contributed by atoms with Crippen molar-refractivity contribution in [3.8, 4) is 0 Å². The lowest BCUT2D eigenvalue weighted by Gasteiger charge is -2.46. The van der Waals surface area contributed by atoms with E-state index in [2.05, 4.69) is 59.2 Å². The molecule has 1 atom stereocenters. The molecule has 3 rings (SSSR count). The summed E-state index contributed by atoms with van der Waals surface area (Å²) in [6.45, 7) is 5.83. The van der Waals surface area contributed by atoms with Crippen molar-refractivity contribution in [1.29, 1.82) is 0 Å². The van der Waals surface area contributed by atoms with Crippen molar-refractivity contribution in [3.63, 3.8) is 0 Å². The Kier molecular flexibility index (Phi) is 5.25. The van der Waals surface area contributed by atoms with E-state index in [4.69, 9.17) is 0 Å². The van der Waals surface area contributed by atoms with Gasteiger partial charge in [0.2, 0.25) is 0 Å². The first-order chi connectivity index (χ1) is 10.3. The molecule has 2 fully saturated rings. The van der Waals surface area contributed by atoms with Gasteiger partial charge in [0.05, 0.1) is 0 Å². The van der Waals surface area contributed by atoms with E-state index in [0.29, 0.717) is 11.6 Å². The summed E-state index contributed by atoms with van der Waals surface area (Å²) in [7, 11) is 0. The van der Waals surface area contributed by atoms with Gasteiger partial charge in [0.1, 0.15) is 0 Å². The van der Waals surface area contributed by atoms with Crippen molar-refractivity contribution < 1.29 is 0 Å². The minimum atomic E-state index is 0.419. The lowest BCUT2D eigenvalue weighted by atomic mass is 9.90. The monoisotopic (exact) mass is 304 g/mol. The van der Waals surface area contributed by atoms with Crippen molar-refractivity contribution >= 4 is 11.8 Å². The number of nitrogens with zero attached hydrogens (tertiary/aromatic N) is 1. The molecular formula is C18H28N2S. The van der Waals surface area contributed by atoms with Gasteiger partial charge in [-0.25, -0.2) is 0 Å². The first-order valence-electron chi connectivity index (χ1n) is 8.45. The predicted molar refractivity (Wildman–Crippen MR) is 93.0 cm³/mol. The molecule has 3 heteroatoms. The molecule has 1 aliphatic carbocycles. The molecule has 0 aromatic heterocycles. The maximum absolute atomic E-state index is 3.91. The molecule has 1 heterocycles. The van der Waals surface area contributed by atoms with Crippen LogP contribution in [0.2, 0.25) is 0 Å². The second-order valence-corrected chi connectivity index (χ2v) is 7.86. The topological polar surface area (TPSA) is 15.3 Å². The molecule has 1 saturated carbocycles. The Hall–Kier alpha value is -0.510. The van der Waals surface area contributed by atoms with Gasteiger partial charge in [-0.15, -0.1) is 0 Å². The molecule has 21 heavy (non-hydrogen) atoms. The van der Waals surface area contributed by atoms with E-state index < -0.39 is 0 Å². The molecule has 0 bridgehead atoms. The van der Waals surface area contributed by atoms with E-state index in [0.717, 1.165) is 6.54 Å². The Bertz CT molecular complexity index is 428. The minimum Gasteiger partial charge on any atom is -0.308 e. The summed E-state index contributed by atoms with van der Waals surface area (Å²) in [5.74, 6) is 2.49. The Morgan fingerprint density at radius 1 is 1.24 bits per heavy atom. The fraction of sp³-hybridized carbons (Fsp3) is 0.667. The van der Waals surface area contributed by atoms with Crippen LogP contribution in [0.25, 0.3) is 0 Å². The first kappa shape index (κ1) is 15.4. The van der Waals surface area contributed by atoms with Crippen molar-refractivity contribution in [3.05, 3.63) is 35.9 Å². The van der Waals surface area contributed by atoms with Crippen LogP contribution in [0.15, 0.2) is 30.3 Å². The van der Waals surface area contributed by atoms with Gasteiger partial charge in [0, 0.05) is 37.0 Å². The van der Waals surface area contributed by atoms with Gasteiger partial charge < -0.3 is 5.32 Å². The summed E-state index contributed by atoms with van der Waals surface area (Å²) in [6, 6.07) is 11.6. The summed E-state index contributed by atoms with van der Waals surface area (Å²) in [4.78, 5) is 2.75. The molecule has 1 aromatic carbocycles. The predicted octanol–water partition coefficient (Wildman–Crippen LogP) is 3.70. The molecule has 1 aliphatic heterocycles. The average Bonchev–Trinajstić information content (AvgIpc) is 2.97. The fourth-order valence-electron chi connectivity index (χ4n) is 3.95. The summed E-state index contributed by atoms with van der Waals surface area (Å²) >= 11 is 2.07. The van der Waals surface area contributed by atoms with Gasteiger partial charge in [-0.1, -0.05) is 50.1 Å². The summed E-state index contributed by atoms with van der Waals surface area (Å²) in [5.41, 5.74) is 1.89. The number of hydrogen-bond acceptors (Lipinski definition) is 3. The molecule has 2 aliphatic rings. The number of hydrogen-bond donors (Lipinski definition) is 1. The van der Waals surface area contributed by atoms with Gasteiger partial charge in [-0.2, -0.15) is 11.8 Å². The molecule has 1 saturated heterocycles. The van der Waals surface area contributed by atoms with E-state index in [1.807, 2.05) is 0 Å². The van der Waals surface area contributed by atoms with Crippen LogP contribution in [0.5, 0.6) is 0 Å². The van der Waals surface area contributed by atoms with Crippen molar-refractivity contribution in [2.75, 3.05) is 31.1 Å². The fourth-order valence-corrected chi connectivity index (χ4v) is 4.60. The first-order valence-corrected chi connectivity index (χ1v) is 9.60. The molecule has 1 spiro atoms. The van der Waals surface area contributed by atoms with Crippen molar-refractivity contribution in [2.24, 2.45) is 0 Å². The van der Waals surface area contributed by atoms with E-state index in [-0.39, 0.29) is 0 Å². The summed E-state index contributed by atoms with van der Waals surface area (Å²) < 4.78 is 0. The van der Waals surface area contributed by atoms with Gasteiger partial charge in [-0.05, 0) is 24.2 Å². The third-order valence-corrected chi connectivity index (χ3v) is 5.97. The zero-order valence-electron chi connectivity index (χ0n) is 13.2. The van der Waals surface area contributed by atoms with Crippen LogP contribution in [0.4, 0.5) is 0 Å². The van der Waals surface area contributed by atoms with Gasteiger partial charge in [0.15, 0.2) is 0 Å². The highest BCUT2D eigenvalue weighted by atomic mass is 32.2. The van der Waals surface area contributed by atoms with Crippen LogP contribution in [0, 0.1) is 0 Å². The van der Waals surface area contributed by atoms with E-state index in [1.54, 1.807) is 0 Å². The molecule has 0 amide bonds. The maximum Gasteiger partial charge on any atom is 0.0473 e. The zero-order valence-corrected chi connectivity index (χ0v) is 14.0. The number of rotatable bonds is 5. The lowest BCUT2D eigenvalue weighted by Crippen LogP contribution is -2.60. The van der Waals surface area contributed by atoms with Gasteiger partial charge in [0.25, 0.3) is 0 Å². The summed E-state index contributed by atoms with van der Waals surface area (Å²) in [6.07, 6.45) is 5.54. The minimum absolute atomic E-state index is 0.419. The van der Waals surface area contributed by atoms with Crippen LogP contribution in [0.3, 0.4) is 0 Å². The molecule has 1 unspecified atom stereocenters. The lowest BCUT2D eigenvalue weighted by molar-refractivity contribution is 0.0864. The Labute approximate surface area is 133 Å². The second-order valence-electron chi connectivity index (χ2n) is 6.46. The molecular weight excluding hydrogens is 276 g/mol. The SMILES string of the molecule is CCSCCN1CC2(CCCC2)NCC1c1ccccc1. The average molecular weight is 305 g/mol. The normalized spacial score (nSPS) is 25.5. The number of nitrogens with one attached hydrogen (secondary N) is 1.